The molecule has 68 valence electrons. The predicted octanol–water partition coefficient (Wildman–Crippen LogP) is 1.30. The summed E-state index contributed by atoms with van der Waals surface area (Å²) >= 11 is 5.81. The minimum atomic E-state index is -0.150. The Hall–Kier alpha value is -1.22. The van der Waals surface area contributed by atoms with Gasteiger partial charge in [-0.3, -0.25) is 9.69 Å². The maximum Gasteiger partial charge on any atom is 0.273 e. The van der Waals surface area contributed by atoms with E-state index in [0.29, 0.717) is 0 Å². The Morgan fingerprint density at radius 3 is 3.08 bits per heavy atom. The smallest absolute Gasteiger partial charge is 0.273 e. The lowest BCUT2D eigenvalue weighted by Gasteiger charge is -2.34. The summed E-state index contributed by atoms with van der Waals surface area (Å²) in [7, 11) is 0. The molecule has 2 rings (SSSR count). The minimum absolute atomic E-state index is 0.0833. The van der Waals surface area contributed by atoms with Crippen LogP contribution in [0.2, 0.25) is 0 Å². The van der Waals surface area contributed by atoms with E-state index < -0.39 is 0 Å². The van der Waals surface area contributed by atoms with Crippen LogP contribution in [0.3, 0.4) is 0 Å². The third kappa shape index (κ3) is 1.25. The first-order valence-electron chi connectivity index (χ1n) is 4.01. The third-order valence-electron chi connectivity index (χ3n) is 2.07. The fourth-order valence-electron chi connectivity index (χ4n) is 1.37. The summed E-state index contributed by atoms with van der Waals surface area (Å²) in [6.07, 6.45) is 7.24. The first-order valence-corrected chi connectivity index (χ1v) is 4.38. The van der Waals surface area contributed by atoms with Crippen LogP contribution in [-0.4, -0.2) is 17.0 Å². The van der Waals surface area contributed by atoms with Crippen LogP contribution in [0.25, 0.3) is 0 Å². The van der Waals surface area contributed by atoms with Crippen LogP contribution in [0.5, 0.6) is 0 Å². The van der Waals surface area contributed by atoms with Crippen LogP contribution in [-0.2, 0) is 4.79 Å². The van der Waals surface area contributed by atoms with Crippen molar-refractivity contribution in [2.24, 2.45) is 0 Å². The molecular weight excluding hydrogens is 188 g/mol. The number of nitrogens with zero attached hydrogens (tertiary/aromatic N) is 1. The fourth-order valence-corrected chi connectivity index (χ4v) is 1.52. The first-order chi connectivity index (χ1) is 6.20. The molecule has 4 heteroatoms. The van der Waals surface area contributed by atoms with Gasteiger partial charge in [0, 0.05) is 11.9 Å². The van der Waals surface area contributed by atoms with Crippen molar-refractivity contribution >= 4 is 17.5 Å². The van der Waals surface area contributed by atoms with Gasteiger partial charge in [-0.25, -0.2) is 0 Å². The van der Waals surface area contributed by atoms with Crippen LogP contribution >= 0.6 is 11.6 Å². The van der Waals surface area contributed by atoms with Crippen molar-refractivity contribution in [3.8, 4) is 0 Å². The number of allylic oxidation sites excluding steroid dienone is 3. The highest BCUT2D eigenvalue weighted by atomic mass is 35.5. The van der Waals surface area contributed by atoms with Gasteiger partial charge in [0.2, 0.25) is 0 Å². The van der Waals surface area contributed by atoms with Crippen molar-refractivity contribution in [3.05, 3.63) is 35.2 Å². The molecule has 0 aromatic carbocycles. The highest BCUT2D eigenvalue weighted by Crippen LogP contribution is 2.21. The number of rotatable bonds is 0. The summed E-state index contributed by atoms with van der Waals surface area (Å²) in [5.41, 5.74) is 0.730. The number of carbonyl (C=O) groups is 1. The monoisotopic (exact) mass is 196 g/mol. The van der Waals surface area contributed by atoms with Crippen LogP contribution in [0.1, 0.15) is 6.92 Å². The van der Waals surface area contributed by atoms with E-state index in [2.05, 4.69) is 5.32 Å². The van der Waals surface area contributed by atoms with Gasteiger partial charge in [-0.2, -0.15) is 0 Å². The normalized spacial score (nSPS) is 26.2. The van der Waals surface area contributed by atoms with Gasteiger partial charge in [0.1, 0.15) is 11.2 Å². The standard InChI is InChI=1S/C9H9ClN2O/c1-6-8(10)9(13)12-5-3-2-4-7(12)11-6/h2-5,7,11H,1H3. The molecule has 3 nitrogen and oxygen atoms in total. The largest absolute Gasteiger partial charge is 0.364 e. The summed E-state index contributed by atoms with van der Waals surface area (Å²) in [5, 5.41) is 3.37. The molecule has 0 aromatic heterocycles. The van der Waals surface area contributed by atoms with E-state index in [9.17, 15) is 4.79 Å². The Labute approximate surface area is 81.4 Å². The highest BCUT2D eigenvalue weighted by molar-refractivity contribution is 6.42. The number of hydrogen-bond acceptors (Lipinski definition) is 2. The topological polar surface area (TPSA) is 32.3 Å². The van der Waals surface area contributed by atoms with Crippen molar-refractivity contribution < 1.29 is 4.79 Å². The van der Waals surface area contributed by atoms with Gasteiger partial charge < -0.3 is 5.32 Å². The van der Waals surface area contributed by atoms with E-state index in [1.807, 2.05) is 12.2 Å². The first kappa shape index (κ1) is 8.38. The summed E-state index contributed by atoms with van der Waals surface area (Å²) in [6.45, 7) is 1.80. The average molecular weight is 197 g/mol. The fraction of sp³-hybridized carbons (Fsp3) is 0.222. The number of fused-ring (bicyclic) bond motifs is 1. The zero-order valence-electron chi connectivity index (χ0n) is 7.12. The van der Waals surface area contributed by atoms with E-state index in [1.54, 1.807) is 24.1 Å². The van der Waals surface area contributed by atoms with E-state index in [4.69, 9.17) is 11.6 Å². The molecule has 1 N–H and O–H groups in total. The number of amides is 1. The maximum atomic E-state index is 11.6. The quantitative estimate of drug-likeness (QED) is 0.634. The van der Waals surface area contributed by atoms with E-state index >= 15 is 0 Å². The Kier molecular flexibility index (Phi) is 1.88. The highest BCUT2D eigenvalue weighted by Gasteiger charge is 2.29. The summed E-state index contributed by atoms with van der Waals surface area (Å²) < 4.78 is 0. The molecule has 1 unspecified atom stereocenters. The van der Waals surface area contributed by atoms with Crippen LogP contribution in [0, 0.1) is 0 Å². The number of nitrogens with one attached hydrogen (secondary N) is 1. The molecular formula is C9H9ClN2O. The Bertz CT molecular complexity index is 344. The molecule has 0 radical (unpaired) electrons. The molecule has 0 bridgehead atoms. The third-order valence-corrected chi connectivity index (χ3v) is 2.51. The van der Waals surface area contributed by atoms with Crippen molar-refractivity contribution in [3.63, 3.8) is 0 Å². The molecule has 1 atom stereocenters. The van der Waals surface area contributed by atoms with Crippen LogP contribution < -0.4 is 5.32 Å². The lowest BCUT2D eigenvalue weighted by molar-refractivity contribution is -0.126. The van der Waals surface area contributed by atoms with Crippen molar-refractivity contribution in [2.45, 2.75) is 13.1 Å². The zero-order chi connectivity index (χ0) is 9.42. The van der Waals surface area contributed by atoms with Gasteiger partial charge in [-0.05, 0) is 19.1 Å². The van der Waals surface area contributed by atoms with Gasteiger partial charge in [0.25, 0.3) is 5.91 Å². The second-order valence-electron chi connectivity index (χ2n) is 2.97. The zero-order valence-corrected chi connectivity index (χ0v) is 7.88. The Morgan fingerprint density at radius 2 is 2.31 bits per heavy atom. The number of carbonyl (C=O) groups excluding carboxylic acids is 1. The molecule has 0 aliphatic carbocycles. The average Bonchev–Trinajstić information content (AvgIpc) is 2.15. The lowest BCUT2D eigenvalue weighted by Crippen LogP contribution is -2.49. The second-order valence-corrected chi connectivity index (χ2v) is 3.34. The van der Waals surface area contributed by atoms with E-state index in [0.717, 1.165) is 5.70 Å². The Morgan fingerprint density at radius 1 is 1.54 bits per heavy atom. The molecule has 2 aliphatic rings. The number of hydrogen-bond donors (Lipinski definition) is 1. The molecule has 0 fully saturated rings. The molecule has 13 heavy (non-hydrogen) atoms. The van der Waals surface area contributed by atoms with E-state index in [-0.39, 0.29) is 17.1 Å². The van der Waals surface area contributed by atoms with E-state index in [1.165, 1.54) is 0 Å². The molecule has 0 aromatic rings. The van der Waals surface area contributed by atoms with Gasteiger partial charge >= 0.3 is 0 Å². The van der Waals surface area contributed by atoms with Gasteiger partial charge in [0.05, 0.1) is 0 Å². The minimum Gasteiger partial charge on any atom is -0.364 e. The van der Waals surface area contributed by atoms with Crippen molar-refractivity contribution in [2.75, 3.05) is 0 Å². The molecule has 0 saturated carbocycles. The molecule has 0 saturated heterocycles. The molecule has 1 amide bonds. The SMILES string of the molecule is CC1=C(Cl)C(=O)N2C=CC=CC2N1. The number of halogens is 1. The summed E-state index contributed by atoms with van der Waals surface area (Å²) in [6, 6.07) is 0. The van der Waals surface area contributed by atoms with Crippen molar-refractivity contribution in [1.29, 1.82) is 0 Å². The molecule has 2 aliphatic heterocycles. The van der Waals surface area contributed by atoms with Crippen LogP contribution in [0.4, 0.5) is 0 Å². The second kappa shape index (κ2) is 2.92. The summed E-state index contributed by atoms with van der Waals surface area (Å²) in [5.74, 6) is -0.150. The van der Waals surface area contributed by atoms with Gasteiger partial charge in [-0.1, -0.05) is 17.7 Å². The molecule has 2 heterocycles. The predicted molar refractivity (Wildman–Crippen MR) is 50.6 cm³/mol. The van der Waals surface area contributed by atoms with Gasteiger partial charge in [0.15, 0.2) is 0 Å². The molecule has 0 spiro atoms. The Balaban J connectivity index is 2.38. The lowest BCUT2D eigenvalue weighted by atomic mass is 10.2. The van der Waals surface area contributed by atoms with Gasteiger partial charge in [-0.15, -0.1) is 0 Å². The maximum absolute atomic E-state index is 11.6. The van der Waals surface area contributed by atoms with Crippen molar-refractivity contribution in [1.82, 2.24) is 10.2 Å². The van der Waals surface area contributed by atoms with Crippen LogP contribution in [0.15, 0.2) is 35.2 Å². The summed E-state index contributed by atoms with van der Waals surface area (Å²) in [4.78, 5) is 13.1.